The molecule has 17 heavy (non-hydrogen) atoms. The number of nitrogens with zero attached hydrogens (tertiary/aromatic N) is 3. The lowest BCUT2D eigenvalue weighted by Gasteiger charge is -2.20. The number of amides is 1. The van der Waals surface area contributed by atoms with Gasteiger partial charge in [-0.15, -0.1) is 0 Å². The molecule has 0 aliphatic heterocycles. The van der Waals surface area contributed by atoms with Crippen LogP contribution < -0.4 is 5.32 Å². The van der Waals surface area contributed by atoms with Gasteiger partial charge in [0.1, 0.15) is 0 Å². The highest BCUT2D eigenvalue weighted by Gasteiger charge is 2.20. The molecule has 1 amide bonds. The highest BCUT2D eigenvalue weighted by Crippen LogP contribution is 2.17. The molecule has 1 aromatic rings. The first-order valence-corrected chi connectivity index (χ1v) is 5.35. The van der Waals surface area contributed by atoms with Gasteiger partial charge in [0.05, 0.1) is 18.6 Å². The van der Waals surface area contributed by atoms with Crippen molar-refractivity contribution in [3.63, 3.8) is 0 Å². The van der Waals surface area contributed by atoms with Gasteiger partial charge in [-0.2, -0.15) is 0 Å². The van der Waals surface area contributed by atoms with Crippen molar-refractivity contribution >= 4 is 11.8 Å². The number of carbonyl (C=O) groups is 1. The molecule has 0 aliphatic rings. The van der Waals surface area contributed by atoms with E-state index in [2.05, 4.69) is 15.5 Å². The van der Waals surface area contributed by atoms with E-state index in [4.69, 9.17) is 4.84 Å². The third-order valence-corrected chi connectivity index (χ3v) is 2.20. The molecule has 0 atom stereocenters. The minimum Gasteiger partial charge on any atom is -0.332 e. The Balaban J connectivity index is 2.78. The highest BCUT2D eigenvalue weighted by atomic mass is 16.7. The van der Waals surface area contributed by atoms with Gasteiger partial charge in [-0.1, -0.05) is 25.9 Å². The van der Waals surface area contributed by atoms with Crippen LogP contribution >= 0.6 is 0 Å². The van der Waals surface area contributed by atoms with E-state index >= 15 is 0 Å². The van der Waals surface area contributed by atoms with Crippen LogP contribution in [0.3, 0.4) is 0 Å². The van der Waals surface area contributed by atoms with Gasteiger partial charge in [-0.05, 0) is 0 Å². The Morgan fingerprint density at radius 1 is 1.53 bits per heavy atom. The molecule has 0 aromatic carbocycles. The maximum atomic E-state index is 11.0. The fraction of sp³-hybridized carbons (Fsp3) is 0.545. The Bertz CT molecular complexity index is 390. The fourth-order valence-corrected chi connectivity index (χ4v) is 1.10. The summed E-state index contributed by atoms with van der Waals surface area (Å²) in [6, 6.07) is 0. The molecule has 0 saturated carbocycles. The number of aromatic nitrogens is 2. The Morgan fingerprint density at radius 2 is 2.24 bits per heavy atom. The van der Waals surface area contributed by atoms with Crippen molar-refractivity contribution in [2.75, 3.05) is 7.05 Å². The highest BCUT2D eigenvalue weighted by molar-refractivity contribution is 5.89. The predicted molar refractivity (Wildman–Crippen MR) is 64.7 cm³/mol. The third kappa shape index (κ3) is 4.26. The van der Waals surface area contributed by atoms with Crippen LogP contribution in [0.2, 0.25) is 0 Å². The molecular formula is C11H18N4O2. The number of nitrogens with one attached hydrogen (secondary N) is 1. The van der Waals surface area contributed by atoms with Gasteiger partial charge < -0.3 is 9.88 Å². The van der Waals surface area contributed by atoms with Crippen LogP contribution in [-0.4, -0.2) is 28.4 Å². The molecule has 1 aromatic heterocycles. The minimum absolute atomic E-state index is 0.182. The third-order valence-electron chi connectivity index (χ3n) is 2.20. The van der Waals surface area contributed by atoms with Crippen molar-refractivity contribution in [1.82, 2.24) is 14.9 Å². The van der Waals surface area contributed by atoms with Crippen molar-refractivity contribution in [3.05, 3.63) is 18.7 Å². The predicted octanol–water partition coefficient (Wildman–Crippen LogP) is 1.64. The van der Waals surface area contributed by atoms with Gasteiger partial charge in [0.15, 0.2) is 0 Å². The van der Waals surface area contributed by atoms with Crippen molar-refractivity contribution in [1.29, 1.82) is 0 Å². The Kier molecular flexibility index (Phi) is 4.25. The number of carbonyl (C=O) groups excluding carboxylic acids is 1. The van der Waals surface area contributed by atoms with E-state index < -0.39 is 6.09 Å². The lowest BCUT2D eigenvalue weighted by atomic mass is 9.90. The first-order valence-electron chi connectivity index (χ1n) is 5.35. The van der Waals surface area contributed by atoms with Crippen LogP contribution in [-0.2, 0) is 11.4 Å². The van der Waals surface area contributed by atoms with Crippen LogP contribution in [0.15, 0.2) is 23.9 Å². The van der Waals surface area contributed by atoms with Crippen LogP contribution in [0.25, 0.3) is 0 Å². The summed E-state index contributed by atoms with van der Waals surface area (Å²) in [7, 11) is 1.49. The molecule has 0 radical (unpaired) electrons. The summed E-state index contributed by atoms with van der Waals surface area (Å²) in [6.45, 7) is 6.57. The molecule has 0 unspecified atom stereocenters. The zero-order valence-electron chi connectivity index (χ0n) is 10.6. The molecule has 1 rings (SSSR count). The van der Waals surface area contributed by atoms with E-state index in [1.54, 1.807) is 12.5 Å². The molecule has 0 saturated heterocycles. The first-order chi connectivity index (χ1) is 7.93. The zero-order valence-corrected chi connectivity index (χ0v) is 10.6. The standard InChI is InChI=1S/C11H18N4O2/c1-11(2,3)9(14-17-10(16)12-4)7-15-6-5-13-8-15/h5-6,8H,7H2,1-4H3,(H,12,16). The summed E-state index contributed by atoms with van der Waals surface area (Å²) >= 11 is 0. The average molecular weight is 238 g/mol. The maximum absolute atomic E-state index is 11.0. The first kappa shape index (κ1) is 13.2. The molecule has 6 heteroatoms. The quantitative estimate of drug-likeness (QED) is 0.494. The topological polar surface area (TPSA) is 68.5 Å². The van der Waals surface area contributed by atoms with Crippen LogP contribution in [0.5, 0.6) is 0 Å². The molecule has 0 spiro atoms. The Morgan fingerprint density at radius 3 is 2.71 bits per heavy atom. The molecular weight excluding hydrogens is 220 g/mol. The summed E-state index contributed by atoms with van der Waals surface area (Å²) < 4.78 is 1.87. The SMILES string of the molecule is CNC(=O)ON=C(Cn1ccnc1)C(C)(C)C. The molecule has 0 fully saturated rings. The van der Waals surface area contributed by atoms with E-state index in [9.17, 15) is 4.79 Å². The van der Waals surface area contributed by atoms with Gasteiger partial charge >= 0.3 is 6.09 Å². The van der Waals surface area contributed by atoms with E-state index in [0.717, 1.165) is 5.71 Å². The summed E-state index contributed by atoms with van der Waals surface area (Å²) in [5.74, 6) is 0. The second kappa shape index (κ2) is 5.47. The van der Waals surface area contributed by atoms with Crippen molar-refractivity contribution in [2.45, 2.75) is 27.3 Å². The monoisotopic (exact) mass is 238 g/mol. The lowest BCUT2D eigenvalue weighted by molar-refractivity contribution is 0.151. The second-order valence-corrected chi connectivity index (χ2v) is 4.65. The van der Waals surface area contributed by atoms with E-state index in [-0.39, 0.29) is 5.41 Å². The van der Waals surface area contributed by atoms with Crippen molar-refractivity contribution in [2.24, 2.45) is 10.6 Å². The van der Waals surface area contributed by atoms with Gasteiger partial charge in [-0.25, -0.2) is 9.78 Å². The number of imidazole rings is 1. The Hall–Kier alpha value is -1.85. The molecule has 1 heterocycles. The molecule has 1 N–H and O–H groups in total. The van der Waals surface area contributed by atoms with Gasteiger partial charge in [0.2, 0.25) is 0 Å². The van der Waals surface area contributed by atoms with E-state index in [1.807, 2.05) is 31.5 Å². The largest absolute Gasteiger partial charge is 0.433 e. The van der Waals surface area contributed by atoms with Crippen molar-refractivity contribution < 1.29 is 9.63 Å². The van der Waals surface area contributed by atoms with Crippen molar-refractivity contribution in [3.8, 4) is 0 Å². The molecule has 6 nitrogen and oxygen atoms in total. The van der Waals surface area contributed by atoms with Gasteiger partial charge in [0.25, 0.3) is 0 Å². The van der Waals surface area contributed by atoms with Crippen LogP contribution in [0.4, 0.5) is 4.79 Å². The number of rotatable bonds is 3. The summed E-state index contributed by atoms with van der Waals surface area (Å²) in [6.07, 6.45) is 4.65. The number of hydrogen-bond acceptors (Lipinski definition) is 4. The number of oxime groups is 1. The zero-order chi connectivity index (χ0) is 12.9. The molecule has 0 aliphatic carbocycles. The second-order valence-electron chi connectivity index (χ2n) is 4.65. The van der Waals surface area contributed by atoms with E-state index in [1.165, 1.54) is 7.05 Å². The minimum atomic E-state index is -0.572. The van der Waals surface area contributed by atoms with Crippen LogP contribution in [0, 0.1) is 5.41 Å². The lowest BCUT2D eigenvalue weighted by Crippen LogP contribution is -2.27. The maximum Gasteiger partial charge on any atom is 0.433 e. The smallest absolute Gasteiger partial charge is 0.332 e. The summed E-state index contributed by atoms with van der Waals surface area (Å²) in [5.41, 5.74) is 0.581. The van der Waals surface area contributed by atoms with E-state index in [0.29, 0.717) is 6.54 Å². The molecule has 94 valence electrons. The number of hydrogen-bond donors (Lipinski definition) is 1. The van der Waals surface area contributed by atoms with Crippen LogP contribution in [0.1, 0.15) is 20.8 Å². The normalized spacial score (nSPS) is 12.4. The Labute approximate surface area is 101 Å². The summed E-state index contributed by atoms with van der Waals surface area (Å²) in [5, 5.41) is 6.24. The van der Waals surface area contributed by atoms with Gasteiger partial charge in [-0.3, -0.25) is 4.84 Å². The van der Waals surface area contributed by atoms with Gasteiger partial charge in [0, 0.05) is 24.9 Å². The fourth-order valence-electron chi connectivity index (χ4n) is 1.10. The summed E-state index contributed by atoms with van der Waals surface area (Å²) in [4.78, 5) is 19.7. The average Bonchev–Trinajstić information content (AvgIpc) is 2.74. The molecule has 0 bridgehead atoms.